The Labute approximate surface area is 205 Å². The zero-order valence-electron chi connectivity index (χ0n) is 19.1. The third-order valence-electron chi connectivity index (χ3n) is 6.38. The largest absolute Gasteiger partial charge is 0.454 e. The van der Waals surface area contributed by atoms with Gasteiger partial charge in [0.25, 0.3) is 0 Å². The first-order valence-corrected chi connectivity index (χ1v) is 11.5. The van der Waals surface area contributed by atoms with Gasteiger partial charge in [-0.2, -0.15) is 13.2 Å². The number of nitrogens with zero attached hydrogens (tertiary/aromatic N) is 4. The van der Waals surface area contributed by atoms with Crippen molar-refractivity contribution in [2.45, 2.75) is 25.7 Å². The van der Waals surface area contributed by atoms with Crippen molar-refractivity contribution < 1.29 is 22.6 Å². The number of benzene rings is 2. The van der Waals surface area contributed by atoms with Gasteiger partial charge in [-0.05, 0) is 42.0 Å². The summed E-state index contributed by atoms with van der Waals surface area (Å²) >= 11 is 0. The van der Waals surface area contributed by atoms with Crippen LogP contribution in [-0.4, -0.2) is 33.2 Å². The van der Waals surface area contributed by atoms with Crippen LogP contribution >= 0.6 is 0 Å². The first-order chi connectivity index (χ1) is 17.4. The van der Waals surface area contributed by atoms with Crippen LogP contribution in [0.2, 0.25) is 0 Å². The second kappa shape index (κ2) is 8.91. The van der Waals surface area contributed by atoms with Crippen molar-refractivity contribution in [3.05, 3.63) is 89.4 Å². The maximum Gasteiger partial charge on any atom is 0.416 e. The fourth-order valence-electron chi connectivity index (χ4n) is 4.46. The summed E-state index contributed by atoms with van der Waals surface area (Å²) < 4.78 is 49.3. The van der Waals surface area contributed by atoms with Crippen molar-refractivity contribution in [2.75, 3.05) is 13.3 Å². The van der Waals surface area contributed by atoms with Gasteiger partial charge >= 0.3 is 6.18 Å². The van der Waals surface area contributed by atoms with E-state index in [-0.39, 0.29) is 6.79 Å². The molecule has 2 aliphatic heterocycles. The van der Waals surface area contributed by atoms with Gasteiger partial charge in [0.1, 0.15) is 0 Å². The number of pyridine rings is 1. The van der Waals surface area contributed by atoms with Gasteiger partial charge in [0.05, 0.1) is 17.0 Å². The zero-order valence-corrected chi connectivity index (χ0v) is 19.1. The van der Waals surface area contributed by atoms with Gasteiger partial charge in [-0.15, -0.1) is 0 Å². The summed E-state index contributed by atoms with van der Waals surface area (Å²) in [5.74, 6) is 1.92. The summed E-state index contributed by atoms with van der Waals surface area (Å²) in [6.45, 7) is 2.51. The average molecular weight is 490 g/mol. The van der Waals surface area contributed by atoms with Crippen LogP contribution in [0.4, 0.5) is 13.2 Å². The molecule has 2 aliphatic rings. The fourth-order valence-corrected chi connectivity index (χ4v) is 4.46. The lowest BCUT2D eigenvalue weighted by atomic mass is 10.1. The van der Waals surface area contributed by atoms with Crippen molar-refractivity contribution in [1.29, 1.82) is 0 Å². The van der Waals surface area contributed by atoms with E-state index in [4.69, 9.17) is 9.47 Å². The minimum atomic E-state index is -4.36. The van der Waals surface area contributed by atoms with E-state index in [2.05, 4.69) is 25.9 Å². The van der Waals surface area contributed by atoms with Gasteiger partial charge in [0, 0.05) is 55.1 Å². The molecule has 2 aromatic heterocycles. The van der Waals surface area contributed by atoms with Crippen molar-refractivity contribution in [3.8, 4) is 34.1 Å². The van der Waals surface area contributed by atoms with Crippen LogP contribution < -0.4 is 9.47 Å². The van der Waals surface area contributed by atoms with Crippen molar-refractivity contribution in [2.24, 2.45) is 0 Å². The molecular weight excluding hydrogens is 469 g/mol. The van der Waals surface area contributed by atoms with Crippen LogP contribution in [0.15, 0.2) is 67.0 Å². The maximum absolute atomic E-state index is 12.8. The molecule has 0 saturated carbocycles. The number of ether oxygens (including phenoxy) is 2. The Bertz CT molecular complexity index is 1410. The highest BCUT2D eigenvalue weighted by atomic mass is 19.4. The number of fused-ring (bicyclic) bond motifs is 2. The molecule has 36 heavy (non-hydrogen) atoms. The third-order valence-corrected chi connectivity index (χ3v) is 6.38. The summed E-state index contributed by atoms with van der Waals surface area (Å²) in [7, 11) is 0. The molecule has 6 nitrogen and oxygen atoms in total. The Morgan fingerprint density at radius 2 is 1.67 bits per heavy atom. The Hall–Kier alpha value is -3.98. The van der Waals surface area contributed by atoms with E-state index in [1.807, 2.05) is 30.5 Å². The molecule has 0 saturated heterocycles. The highest BCUT2D eigenvalue weighted by molar-refractivity contribution is 5.64. The highest BCUT2D eigenvalue weighted by Crippen LogP contribution is 2.35. The monoisotopic (exact) mass is 490 g/mol. The van der Waals surface area contributed by atoms with Gasteiger partial charge < -0.3 is 9.47 Å². The second-order valence-corrected chi connectivity index (χ2v) is 8.82. The molecule has 0 atom stereocenters. The minimum absolute atomic E-state index is 0.242. The second-order valence-electron chi connectivity index (χ2n) is 8.82. The molecule has 0 bridgehead atoms. The van der Waals surface area contributed by atoms with Crippen molar-refractivity contribution >= 4 is 0 Å². The van der Waals surface area contributed by atoms with Crippen LogP contribution in [0.5, 0.6) is 11.5 Å². The van der Waals surface area contributed by atoms with Gasteiger partial charge in [-0.1, -0.05) is 18.2 Å². The molecule has 0 radical (unpaired) electrons. The molecule has 0 amide bonds. The van der Waals surface area contributed by atoms with E-state index in [0.29, 0.717) is 17.9 Å². The normalized spacial score (nSPS) is 15.1. The summed E-state index contributed by atoms with van der Waals surface area (Å²) in [4.78, 5) is 16.0. The number of alkyl halides is 3. The Balaban J connectivity index is 1.12. The summed E-state index contributed by atoms with van der Waals surface area (Å²) in [6.07, 6.45) is 0.0524. The van der Waals surface area contributed by atoms with Crippen molar-refractivity contribution in [3.63, 3.8) is 0 Å². The zero-order chi connectivity index (χ0) is 24.7. The van der Waals surface area contributed by atoms with E-state index in [0.717, 1.165) is 71.2 Å². The molecule has 0 aliphatic carbocycles. The lowest BCUT2D eigenvalue weighted by Gasteiger charge is -2.28. The molecule has 4 aromatic rings. The molecule has 0 fully saturated rings. The molecule has 182 valence electrons. The van der Waals surface area contributed by atoms with E-state index in [9.17, 15) is 13.2 Å². The van der Waals surface area contributed by atoms with Gasteiger partial charge in [0.2, 0.25) is 6.79 Å². The van der Waals surface area contributed by atoms with Crippen LogP contribution in [0.1, 0.15) is 22.4 Å². The van der Waals surface area contributed by atoms with E-state index in [1.165, 1.54) is 12.1 Å². The Morgan fingerprint density at radius 1 is 0.861 bits per heavy atom. The fraction of sp³-hybridized carbons (Fsp3) is 0.222. The van der Waals surface area contributed by atoms with E-state index in [1.54, 1.807) is 6.20 Å². The number of hydrogen-bond acceptors (Lipinski definition) is 6. The predicted molar refractivity (Wildman–Crippen MR) is 126 cm³/mol. The number of hydrogen-bond donors (Lipinski definition) is 0. The van der Waals surface area contributed by atoms with Crippen molar-refractivity contribution in [1.82, 2.24) is 19.9 Å². The Kier molecular flexibility index (Phi) is 5.56. The standard InChI is InChI=1S/C27H21F3N4O2/c28-27(29,30)21-5-2-18(3-6-21)26-32-13-20-15-34(10-9-23(20)33-26)14-17-1-7-22(31-12-17)19-4-8-24-25(11-19)36-16-35-24/h1-8,11-13H,9-10,14-16H2. The van der Waals surface area contributed by atoms with Crippen LogP contribution in [0.25, 0.3) is 22.6 Å². The first-order valence-electron chi connectivity index (χ1n) is 11.5. The smallest absolute Gasteiger partial charge is 0.416 e. The third kappa shape index (κ3) is 4.49. The van der Waals surface area contributed by atoms with Gasteiger partial charge in [-0.3, -0.25) is 9.88 Å². The van der Waals surface area contributed by atoms with Gasteiger partial charge in [0.15, 0.2) is 17.3 Å². The molecule has 0 spiro atoms. The number of aromatic nitrogens is 3. The number of rotatable bonds is 4. The maximum atomic E-state index is 12.8. The lowest BCUT2D eigenvalue weighted by Crippen LogP contribution is -2.31. The number of halogens is 3. The van der Waals surface area contributed by atoms with Crippen LogP contribution in [0.3, 0.4) is 0 Å². The SMILES string of the molecule is FC(F)(F)c1ccc(-c2ncc3c(n2)CCN(Cc2ccc(-c4ccc5c(c4)OCO5)nc2)C3)cc1. The van der Waals surface area contributed by atoms with Crippen LogP contribution in [-0.2, 0) is 25.7 Å². The first kappa shape index (κ1) is 22.5. The molecule has 9 heteroatoms. The predicted octanol–water partition coefficient (Wildman–Crippen LogP) is 5.51. The molecule has 0 unspecified atom stereocenters. The van der Waals surface area contributed by atoms with E-state index >= 15 is 0 Å². The molecule has 2 aromatic carbocycles. The van der Waals surface area contributed by atoms with E-state index < -0.39 is 11.7 Å². The molecular formula is C27H21F3N4O2. The van der Waals surface area contributed by atoms with Gasteiger partial charge in [-0.25, -0.2) is 9.97 Å². The average Bonchev–Trinajstić information content (AvgIpc) is 3.36. The molecule has 0 N–H and O–H groups in total. The molecule has 4 heterocycles. The quantitative estimate of drug-likeness (QED) is 0.376. The Morgan fingerprint density at radius 3 is 2.44 bits per heavy atom. The lowest BCUT2D eigenvalue weighted by molar-refractivity contribution is -0.137. The molecule has 6 rings (SSSR count). The topological polar surface area (TPSA) is 60.4 Å². The summed E-state index contributed by atoms with van der Waals surface area (Å²) in [6, 6.07) is 14.8. The minimum Gasteiger partial charge on any atom is -0.454 e. The highest BCUT2D eigenvalue weighted by Gasteiger charge is 2.30. The summed E-state index contributed by atoms with van der Waals surface area (Å²) in [5.41, 5.74) is 4.79. The van der Waals surface area contributed by atoms with Crippen LogP contribution in [0, 0.1) is 0 Å². The summed E-state index contributed by atoms with van der Waals surface area (Å²) in [5, 5.41) is 0.